The lowest BCUT2D eigenvalue weighted by molar-refractivity contribution is -0.144. The fourth-order valence-electron chi connectivity index (χ4n) is 1.54. The Morgan fingerprint density at radius 2 is 2.11 bits per heavy atom. The zero-order valence-corrected chi connectivity index (χ0v) is 10.8. The fraction of sp³-hybridized carbons (Fsp3) is 0.667. The number of aromatic amines is 1. The largest absolute Gasteiger partial charge is 0.453 e. The molecule has 3 N–H and O–H groups in total. The van der Waals surface area contributed by atoms with Gasteiger partial charge in [0.25, 0.3) is 5.82 Å². The van der Waals surface area contributed by atoms with Crippen LogP contribution in [0.4, 0.5) is 13.2 Å². The quantitative estimate of drug-likeness (QED) is 0.619. The van der Waals surface area contributed by atoms with Crippen molar-refractivity contribution in [3.05, 3.63) is 11.6 Å². The van der Waals surface area contributed by atoms with Crippen LogP contribution in [0.1, 0.15) is 11.6 Å². The summed E-state index contributed by atoms with van der Waals surface area (Å²) in [5.74, 6) is 1.12. The first-order valence-electron chi connectivity index (χ1n) is 5.58. The number of hydrogen-bond acceptors (Lipinski definition) is 4. The van der Waals surface area contributed by atoms with Gasteiger partial charge in [-0.15, -0.1) is 5.10 Å². The zero-order chi connectivity index (χ0) is 13.9. The number of alkyl halides is 3. The monoisotopic (exact) mass is 294 g/mol. The van der Waals surface area contributed by atoms with Gasteiger partial charge in [-0.05, 0) is 0 Å². The minimum absolute atomic E-state index is 0.0431. The van der Waals surface area contributed by atoms with Crippen LogP contribution in [0, 0.1) is 0 Å². The van der Waals surface area contributed by atoms with E-state index in [1.54, 1.807) is 0 Å². The third kappa shape index (κ3) is 3.75. The van der Waals surface area contributed by atoms with E-state index in [0.717, 1.165) is 24.6 Å². The smallest absolute Gasteiger partial charge is 0.370 e. The highest BCUT2D eigenvalue weighted by molar-refractivity contribution is 7.99. The predicted molar refractivity (Wildman–Crippen MR) is 65.6 cm³/mol. The molecule has 1 saturated heterocycles. The van der Waals surface area contributed by atoms with E-state index in [4.69, 9.17) is 5.73 Å². The molecule has 0 bridgehead atoms. The number of aromatic nitrogens is 3. The van der Waals surface area contributed by atoms with Crippen LogP contribution < -0.4 is 5.73 Å². The second-order valence-electron chi connectivity index (χ2n) is 3.88. The predicted octanol–water partition coefficient (Wildman–Crippen LogP) is 0.687. The van der Waals surface area contributed by atoms with Crippen LogP contribution in [0.5, 0.6) is 0 Å². The van der Waals surface area contributed by atoms with Gasteiger partial charge >= 0.3 is 6.18 Å². The van der Waals surface area contributed by atoms with Gasteiger partial charge in [0.15, 0.2) is 5.96 Å². The number of guanidine groups is 1. The molecule has 1 fully saturated rings. The van der Waals surface area contributed by atoms with E-state index >= 15 is 0 Å². The van der Waals surface area contributed by atoms with Gasteiger partial charge < -0.3 is 10.6 Å². The number of nitrogens with one attached hydrogen (secondary N) is 1. The molecule has 0 saturated carbocycles. The summed E-state index contributed by atoms with van der Waals surface area (Å²) in [5.41, 5.74) is 5.77. The highest BCUT2D eigenvalue weighted by atomic mass is 32.2. The molecule has 0 aliphatic carbocycles. The first-order valence-corrected chi connectivity index (χ1v) is 6.73. The Kier molecular flexibility index (Phi) is 4.17. The molecule has 0 amide bonds. The van der Waals surface area contributed by atoms with Crippen LogP contribution in [0.15, 0.2) is 4.99 Å². The molecule has 10 heteroatoms. The van der Waals surface area contributed by atoms with Crippen molar-refractivity contribution in [1.29, 1.82) is 0 Å². The van der Waals surface area contributed by atoms with E-state index in [9.17, 15) is 13.2 Å². The molecule has 2 rings (SSSR count). The molecular formula is C9H13F3N6S. The minimum atomic E-state index is -4.55. The maximum Gasteiger partial charge on any atom is 0.453 e. The number of rotatable bonds is 2. The fourth-order valence-corrected chi connectivity index (χ4v) is 2.44. The lowest BCUT2D eigenvalue weighted by Gasteiger charge is -2.27. The van der Waals surface area contributed by atoms with Gasteiger partial charge in [-0.1, -0.05) is 0 Å². The van der Waals surface area contributed by atoms with E-state index in [-0.39, 0.29) is 12.4 Å². The summed E-state index contributed by atoms with van der Waals surface area (Å²) in [7, 11) is 0. The third-order valence-electron chi connectivity index (χ3n) is 2.51. The standard InChI is InChI=1S/C9H13F3N6S/c10-9(11,12)7-15-6(16-17-7)5-14-8(13)18-1-3-19-4-2-18/h1-5H2,(H2,13,14)(H,15,16,17). The molecule has 1 aliphatic rings. The van der Waals surface area contributed by atoms with Crippen molar-refractivity contribution in [2.45, 2.75) is 12.7 Å². The molecule has 2 heterocycles. The average molecular weight is 294 g/mol. The van der Waals surface area contributed by atoms with Gasteiger partial charge in [0, 0.05) is 24.6 Å². The minimum Gasteiger partial charge on any atom is -0.370 e. The normalized spacial score (nSPS) is 17.8. The summed E-state index contributed by atoms with van der Waals surface area (Å²) in [6.45, 7) is 1.55. The van der Waals surface area contributed by atoms with Crippen molar-refractivity contribution in [2.24, 2.45) is 10.7 Å². The Bertz CT molecular complexity index is 451. The zero-order valence-electron chi connectivity index (χ0n) is 9.94. The van der Waals surface area contributed by atoms with E-state index in [1.165, 1.54) is 0 Å². The molecule has 0 unspecified atom stereocenters. The molecule has 1 aromatic rings. The van der Waals surface area contributed by atoms with Crippen LogP contribution in [-0.4, -0.2) is 50.6 Å². The molecule has 1 aliphatic heterocycles. The molecule has 19 heavy (non-hydrogen) atoms. The Balaban J connectivity index is 1.95. The summed E-state index contributed by atoms with van der Waals surface area (Å²) >= 11 is 1.83. The van der Waals surface area contributed by atoms with Crippen LogP contribution in [0.3, 0.4) is 0 Å². The van der Waals surface area contributed by atoms with Crippen molar-refractivity contribution >= 4 is 17.7 Å². The van der Waals surface area contributed by atoms with Gasteiger partial charge in [-0.25, -0.2) is 9.98 Å². The van der Waals surface area contributed by atoms with Crippen molar-refractivity contribution in [3.63, 3.8) is 0 Å². The summed E-state index contributed by atoms with van der Waals surface area (Å²) in [5, 5.41) is 5.29. The Morgan fingerprint density at radius 3 is 2.68 bits per heavy atom. The topological polar surface area (TPSA) is 83.2 Å². The summed E-state index contributed by atoms with van der Waals surface area (Å²) < 4.78 is 36.8. The van der Waals surface area contributed by atoms with Crippen LogP contribution in [-0.2, 0) is 12.7 Å². The van der Waals surface area contributed by atoms with Crippen molar-refractivity contribution < 1.29 is 13.2 Å². The number of aliphatic imine (C=N–C) groups is 1. The number of nitrogens with two attached hydrogens (primary N) is 1. The number of H-pyrrole nitrogens is 1. The number of nitrogens with zero attached hydrogens (tertiary/aromatic N) is 4. The van der Waals surface area contributed by atoms with Gasteiger partial charge in [0.1, 0.15) is 12.4 Å². The van der Waals surface area contributed by atoms with Crippen molar-refractivity contribution in [3.8, 4) is 0 Å². The Morgan fingerprint density at radius 1 is 1.42 bits per heavy atom. The lowest BCUT2D eigenvalue weighted by Crippen LogP contribution is -2.42. The van der Waals surface area contributed by atoms with Crippen LogP contribution in [0.2, 0.25) is 0 Å². The Hall–Kier alpha value is -1.45. The summed E-state index contributed by atoms with van der Waals surface area (Å²) in [6.07, 6.45) is -4.55. The lowest BCUT2D eigenvalue weighted by atomic mass is 10.5. The molecule has 0 radical (unpaired) electrons. The van der Waals surface area contributed by atoms with Gasteiger partial charge in [-0.3, -0.25) is 5.10 Å². The van der Waals surface area contributed by atoms with E-state index in [1.807, 2.05) is 16.7 Å². The third-order valence-corrected chi connectivity index (χ3v) is 3.45. The van der Waals surface area contributed by atoms with E-state index in [0.29, 0.717) is 5.96 Å². The molecule has 1 aromatic heterocycles. The molecule has 0 atom stereocenters. The van der Waals surface area contributed by atoms with Gasteiger partial charge in [0.05, 0.1) is 0 Å². The second-order valence-corrected chi connectivity index (χ2v) is 5.10. The van der Waals surface area contributed by atoms with Crippen molar-refractivity contribution in [2.75, 3.05) is 24.6 Å². The maximum absolute atomic E-state index is 12.3. The molecule has 106 valence electrons. The van der Waals surface area contributed by atoms with Crippen LogP contribution >= 0.6 is 11.8 Å². The average Bonchev–Trinajstić information content (AvgIpc) is 2.86. The number of halogens is 3. The summed E-state index contributed by atoms with van der Waals surface area (Å²) in [4.78, 5) is 9.25. The number of hydrogen-bond donors (Lipinski definition) is 2. The first-order chi connectivity index (χ1) is 8.97. The number of thioether (sulfide) groups is 1. The summed E-state index contributed by atoms with van der Waals surface area (Å²) in [6, 6.07) is 0. The maximum atomic E-state index is 12.3. The molecule has 0 spiro atoms. The van der Waals surface area contributed by atoms with Gasteiger partial charge in [0.2, 0.25) is 0 Å². The van der Waals surface area contributed by atoms with E-state index in [2.05, 4.69) is 20.2 Å². The van der Waals surface area contributed by atoms with Crippen molar-refractivity contribution in [1.82, 2.24) is 20.1 Å². The Labute approximate surface area is 111 Å². The highest BCUT2D eigenvalue weighted by Crippen LogP contribution is 2.25. The second kappa shape index (κ2) is 5.68. The molecule has 0 aromatic carbocycles. The molecule has 6 nitrogen and oxygen atoms in total. The van der Waals surface area contributed by atoms with Gasteiger partial charge in [-0.2, -0.15) is 24.9 Å². The van der Waals surface area contributed by atoms with Crippen LogP contribution in [0.25, 0.3) is 0 Å². The highest BCUT2D eigenvalue weighted by Gasteiger charge is 2.35. The van der Waals surface area contributed by atoms with E-state index < -0.39 is 12.0 Å². The molecular weight excluding hydrogens is 281 g/mol. The first kappa shape index (κ1) is 14.0. The SMILES string of the molecule is NC(=NCc1nc(C(F)(F)F)n[nH]1)N1CCSCC1.